The molecular formula is C17H20N2O5S2. The van der Waals surface area contributed by atoms with Crippen LogP contribution in [0.2, 0.25) is 0 Å². The third kappa shape index (κ3) is 5.07. The van der Waals surface area contributed by atoms with Crippen molar-refractivity contribution in [1.82, 2.24) is 10.2 Å². The van der Waals surface area contributed by atoms with E-state index in [0.29, 0.717) is 36.1 Å². The Kier molecular flexibility index (Phi) is 5.98. The molecule has 0 spiro atoms. The summed E-state index contributed by atoms with van der Waals surface area (Å²) in [5.74, 6) is 1.73. The minimum atomic E-state index is -2.92. The molecule has 1 aromatic heterocycles. The van der Waals surface area contributed by atoms with E-state index in [9.17, 15) is 13.2 Å². The number of Topliss-reactive ketones (excluding diaryl/α,β-unsaturated/α-hetero) is 1. The third-order valence-corrected chi connectivity index (χ3v) is 6.71. The van der Waals surface area contributed by atoms with Crippen LogP contribution in [0.3, 0.4) is 0 Å². The standard InChI is InChI=1S/C17H20N2O5S2/c1-2-23-14-5-3-13(4-6-14)15(20)10-25-17-19-18-16(24-17)9-12-7-8-26(21,22)11-12/h3-6,12H,2,7-11H2,1H3/t12-/m0/s1. The zero-order valence-corrected chi connectivity index (χ0v) is 16.0. The van der Waals surface area contributed by atoms with Gasteiger partial charge in [0, 0.05) is 12.0 Å². The monoisotopic (exact) mass is 396 g/mol. The Hall–Kier alpha value is -1.87. The molecule has 1 aromatic carbocycles. The maximum absolute atomic E-state index is 12.2. The molecule has 0 radical (unpaired) electrons. The molecule has 1 aliphatic heterocycles. The summed E-state index contributed by atoms with van der Waals surface area (Å²) in [5, 5.41) is 8.19. The Labute approximate surface area is 156 Å². The van der Waals surface area contributed by atoms with E-state index in [1.807, 2.05) is 6.92 Å². The number of thioether (sulfide) groups is 1. The molecule has 2 aromatic rings. The fourth-order valence-electron chi connectivity index (χ4n) is 2.77. The number of aromatic nitrogens is 2. The minimum Gasteiger partial charge on any atom is -0.494 e. The van der Waals surface area contributed by atoms with Gasteiger partial charge in [0.2, 0.25) is 5.89 Å². The molecule has 26 heavy (non-hydrogen) atoms. The van der Waals surface area contributed by atoms with Crippen LogP contribution in [0, 0.1) is 5.92 Å². The van der Waals surface area contributed by atoms with Crippen LogP contribution in [0.1, 0.15) is 29.6 Å². The summed E-state index contributed by atoms with van der Waals surface area (Å²) >= 11 is 1.18. The number of benzene rings is 1. The zero-order chi connectivity index (χ0) is 18.6. The van der Waals surface area contributed by atoms with Gasteiger partial charge in [0.1, 0.15) is 5.75 Å². The van der Waals surface area contributed by atoms with Gasteiger partial charge in [-0.2, -0.15) is 0 Å². The van der Waals surface area contributed by atoms with Gasteiger partial charge >= 0.3 is 0 Å². The molecule has 1 saturated heterocycles. The van der Waals surface area contributed by atoms with Crippen molar-refractivity contribution in [3.05, 3.63) is 35.7 Å². The molecule has 0 aliphatic carbocycles. The van der Waals surface area contributed by atoms with E-state index < -0.39 is 9.84 Å². The van der Waals surface area contributed by atoms with E-state index >= 15 is 0 Å². The summed E-state index contributed by atoms with van der Waals surface area (Å²) in [6.07, 6.45) is 1.09. The first-order chi connectivity index (χ1) is 12.4. The second-order valence-electron chi connectivity index (χ2n) is 6.10. The Balaban J connectivity index is 1.50. The Morgan fingerprint density at radius 2 is 2.08 bits per heavy atom. The van der Waals surface area contributed by atoms with E-state index in [1.54, 1.807) is 24.3 Å². The van der Waals surface area contributed by atoms with Crippen LogP contribution < -0.4 is 4.74 Å². The number of carbonyl (C=O) groups excluding carboxylic acids is 1. The van der Waals surface area contributed by atoms with Crippen LogP contribution in [-0.4, -0.2) is 48.3 Å². The van der Waals surface area contributed by atoms with E-state index in [0.717, 1.165) is 5.75 Å². The van der Waals surface area contributed by atoms with Crippen molar-refractivity contribution in [1.29, 1.82) is 0 Å². The molecule has 0 saturated carbocycles. The van der Waals surface area contributed by atoms with Crippen molar-refractivity contribution in [2.75, 3.05) is 23.9 Å². The summed E-state index contributed by atoms with van der Waals surface area (Å²) < 4.78 is 33.9. The van der Waals surface area contributed by atoms with Crippen LogP contribution in [0.15, 0.2) is 33.9 Å². The van der Waals surface area contributed by atoms with Crippen LogP contribution >= 0.6 is 11.8 Å². The molecule has 1 fully saturated rings. The first-order valence-electron chi connectivity index (χ1n) is 8.37. The molecule has 0 amide bonds. The minimum absolute atomic E-state index is 0.0313. The van der Waals surface area contributed by atoms with Gasteiger partial charge in [-0.3, -0.25) is 4.79 Å². The highest BCUT2D eigenvalue weighted by Crippen LogP contribution is 2.24. The fraction of sp³-hybridized carbons (Fsp3) is 0.471. The van der Waals surface area contributed by atoms with E-state index in [2.05, 4.69) is 10.2 Å². The molecule has 9 heteroatoms. The smallest absolute Gasteiger partial charge is 0.277 e. The maximum atomic E-state index is 12.2. The van der Waals surface area contributed by atoms with Crippen molar-refractivity contribution >= 4 is 27.4 Å². The number of nitrogens with zero attached hydrogens (tertiary/aromatic N) is 2. The molecular weight excluding hydrogens is 376 g/mol. The number of rotatable bonds is 8. The van der Waals surface area contributed by atoms with E-state index in [-0.39, 0.29) is 29.0 Å². The van der Waals surface area contributed by atoms with Gasteiger partial charge in [-0.15, -0.1) is 10.2 Å². The van der Waals surface area contributed by atoms with Crippen molar-refractivity contribution in [2.45, 2.75) is 25.0 Å². The molecule has 1 atom stereocenters. The van der Waals surface area contributed by atoms with Gasteiger partial charge in [-0.1, -0.05) is 11.8 Å². The van der Waals surface area contributed by atoms with E-state index in [4.69, 9.17) is 9.15 Å². The molecule has 0 unspecified atom stereocenters. The first-order valence-corrected chi connectivity index (χ1v) is 11.2. The predicted octanol–water partition coefficient (Wildman–Crippen LogP) is 2.42. The summed E-state index contributed by atoms with van der Waals surface area (Å²) in [6.45, 7) is 2.48. The number of carbonyl (C=O) groups is 1. The SMILES string of the molecule is CCOc1ccc(C(=O)CSc2nnc(C[C@@H]3CCS(=O)(=O)C3)o2)cc1. The fourth-order valence-corrected chi connectivity index (χ4v) is 5.31. The van der Waals surface area contributed by atoms with Crippen molar-refractivity contribution in [3.8, 4) is 5.75 Å². The lowest BCUT2D eigenvalue weighted by Crippen LogP contribution is -2.07. The highest BCUT2D eigenvalue weighted by atomic mass is 32.2. The zero-order valence-electron chi connectivity index (χ0n) is 14.4. The summed E-state index contributed by atoms with van der Waals surface area (Å²) in [4.78, 5) is 12.2. The summed E-state index contributed by atoms with van der Waals surface area (Å²) in [5.41, 5.74) is 0.594. The second-order valence-corrected chi connectivity index (χ2v) is 9.26. The lowest BCUT2D eigenvalue weighted by atomic mass is 10.1. The molecule has 3 rings (SSSR count). The maximum Gasteiger partial charge on any atom is 0.277 e. The van der Waals surface area contributed by atoms with Gasteiger partial charge < -0.3 is 9.15 Å². The first kappa shape index (κ1) is 18.9. The van der Waals surface area contributed by atoms with Gasteiger partial charge in [0.05, 0.1) is 23.9 Å². The quantitative estimate of drug-likeness (QED) is 0.495. The average Bonchev–Trinajstić information content (AvgIpc) is 3.20. The summed E-state index contributed by atoms with van der Waals surface area (Å²) in [6, 6.07) is 6.99. The van der Waals surface area contributed by atoms with Crippen LogP contribution in [0.25, 0.3) is 0 Å². The normalized spacial score (nSPS) is 18.7. The molecule has 140 valence electrons. The molecule has 7 nitrogen and oxygen atoms in total. The van der Waals surface area contributed by atoms with Crippen molar-refractivity contribution in [2.24, 2.45) is 5.92 Å². The Morgan fingerprint density at radius 1 is 1.31 bits per heavy atom. The topological polar surface area (TPSA) is 99.4 Å². The second kappa shape index (κ2) is 8.22. The number of sulfone groups is 1. The third-order valence-electron chi connectivity index (χ3n) is 4.05. The molecule has 0 N–H and O–H groups in total. The van der Waals surface area contributed by atoms with Crippen LogP contribution in [-0.2, 0) is 16.3 Å². The van der Waals surface area contributed by atoms with Crippen molar-refractivity contribution < 1.29 is 22.4 Å². The van der Waals surface area contributed by atoms with Crippen molar-refractivity contribution in [3.63, 3.8) is 0 Å². The molecule has 1 aliphatic rings. The number of ether oxygens (including phenoxy) is 1. The molecule has 0 bridgehead atoms. The number of hydrogen-bond donors (Lipinski definition) is 0. The Morgan fingerprint density at radius 3 is 2.73 bits per heavy atom. The number of ketones is 1. The Bertz CT molecular complexity index is 862. The lowest BCUT2D eigenvalue weighted by Gasteiger charge is -2.04. The lowest BCUT2D eigenvalue weighted by molar-refractivity contribution is 0.102. The molecule has 2 heterocycles. The van der Waals surface area contributed by atoms with Crippen LogP contribution in [0.4, 0.5) is 0 Å². The largest absolute Gasteiger partial charge is 0.494 e. The average molecular weight is 396 g/mol. The highest BCUT2D eigenvalue weighted by molar-refractivity contribution is 7.99. The predicted molar refractivity (Wildman–Crippen MR) is 97.4 cm³/mol. The van der Waals surface area contributed by atoms with Gasteiger partial charge in [0.15, 0.2) is 15.6 Å². The highest BCUT2D eigenvalue weighted by Gasteiger charge is 2.29. The van der Waals surface area contributed by atoms with Gasteiger partial charge in [-0.05, 0) is 43.5 Å². The van der Waals surface area contributed by atoms with Gasteiger partial charge in [-0.25, -0.2) is 8.42 Å². The van der Waals surface area contributed by atoms with Gasteiger partial charge in [0.25, 0.3) is 5.22 Å². The summed E-state index contributed by atoms with van der Waals surface area (Å²) in [7, 11) is -2.92. The van der Waals surface area contributed by atoms with E-state index in [1.165, 1.54) is 11.8 Å². The van der Waals surface area contributed by atoms with Crippen LogP contribution in [0.5, 0.6) is 5.75 Å². The number of hydrogen-bond acceptors (Lipinski definition) is 8.